The van der Waals surface area contributed by atoms with Gasteiger partial charge in [-0.1, -0.05) is 18.2 Å². The van der Waals surface area contributed by atoms with Gasteiger partial charge in [-0.15, -0.1) is 0 Å². The van der Waals surface area contributed by atoms with E-state index < -0.39 is 7.26 Å². The summed E-state index contributed by atoms with van der Waals surface area (Å²) in [6.07, 6.45) is 0. The zero-order valence-electron chi connectivity index (χ0n) is 21.2. The molecule has 0 spiro atoms. The zero-order valence-corrected chi connectivity index (χ0v) is 22.2. The van der Waals surface area contributed by atoms with Crippen molar-refractivity contribution in [3.05, 3.63) is 176 Å². The molecule has 6 aromatic rings. The molecule has 0 aliphatic heterocycles. The molecule has 0 aliphatic rings. The first kappa shape index (κ1) is 25.2. The molecule has 6 aromatic carbocycles. The van der Waals surface area contributed by atoms with Crippen molar-refractivity contribution in [3.8, 4) is 16.9 Å². The van der Waals surface area contributed by atoms with Gasteiger partial charge in [0, 0.05) is 0 Å². The number of phenols is 1. The first-order valence-corrected chi connectivity index (χ1v) is 14.8. The SMILES string of the molecule is Oc1ccccc1.c1ccc(-c2ccc([PH](c3ccccc3)(c3ccccc3)c3ccccc3)cc2)cc1. The Morgan fingerprint density at radius 1 is 0.289 bits per heavy atom. The Hall–Kier alpha value is -4.45. The number of benzene rings is 6. The quantitative estimate of drug-likeness (QED) is 0.245. The van der Waals surface area contributed by atoms with E-state index in [1.807, 2.05) is 6.07 Å². The van der Waals surface area contributed by atoms with Gasteiger partial charge >= 0.3 is 185 Å². The van der Waals surface area contributed by atoms with Crippen LogP contribution in [-0.2, 0) is 0 Å². The summed E-state index contributed by atoms with van der Waals surface area (Å²) in [5.41, 5.74) is 2.50. The van der Waals surface area contributed by atoms with Crippen LogP contribution in [0.4, 0.5) is 0 Å². The van der Waals surface area contributed by atoms with Crippen LogP contribution < -0.4 is 21.2 Å². The first-order chi connectivity index (χ1) is 18.8. The average molecular weight is 511 g/mol. The second-order valence-corrected chi connectivity index (χ2v) is 12.9. The third-order valence-electron chi connectivity index (χ3n) is 6.80. The maximum atomic E-state index is 8.63. The van der Waals surface area contributed by atoms with Crippen LogP contribution in [0.1, 0.15) is 0 Å². The summed E-state index contributed by atoms with van der Waals surface area (Å²) in [5.74, 6) is 0.322. The third-order valence-corrected chi connectivity index (χ3v) is 11.6. The van der Waals surface area contributed by atoms with E-state index in [2.05, 4.69) is 146 Å². The molecular formula is C36H31OP. The van der Waals surface area contributed by atoms with E-state index in [9.17, 15) is 0 Å². The van der Waals surface area contributed by atoms with Crippen LogP contribution in [0.25, 0.3) is 11.1 Å². The molecule has 0 bridgehead atoms. The number of hydrogen-bond donors (Lipinski definition) is 1. The van der Waals surface area contributed by atoms with Gasteiger partial charge in [0.15, 0.2) is 0 Å². The van der Waals surface area contributed by atoms with Crippen molar-refractivity contribution >= 4 is 28.5 Å². The van der Waals surface area contributed by atoms with Crippen molar-refractivity contribution < 1.29 is 5.11 Å². The van der Waals surface area contributed by atoms with Gasteiger partial charge < -0.3 is 5.11 Å². The molecule has 0 radical (unpaired) electrons. The second-order valence-electron chi connectivity index (χ2n) is 9.13. The fourth-order valence-corrected chi connectivity index (χ4v) is 9.78. The van der Waals surface area contributed by atoms with Crippen LogP contribution in [-0.4, -0.2) is 5.11 Å². The maximum absolute atomic E-state index is 8.63. The minimum atomic E-state index is -2.42. The van der Waals surface area contributed by atoms with Gasteiger partial charge in [0.1, 0.15) is 5.75 Å². The Bertz CT molecular complexity index is 1420. The van der Waals surface area contributed by atoms with E-state index in [4.69, 9.17) is 5.11 Å². The van der Waals surface area contributed by atoms with E-state index in [1.54, 1.807) is 24.3 Å². The molecule has 186 valence electrons. The van der Waals surface area contributed by atoms with Crippen LogP contribution in [0, 0.1) is 0 Å². The molecule has 2 heteroatoms. The predicted octanol–water partition coefficient (Wildman–Crippen LogP) is 7.10. The number of rotatable bonds is 5. The van der Waals surface area contributed by atoms with Gasteiger partial charge in [0.2, 0.25) is 0 Å². The normalized spacial score (nSPS) is 11.2. The summed E-state index contributed by atoms with van der Waals surface area (Å²) in [7, 11) is -2.42. The standard InChI is InChI=1S/C30H25P.C6H6O/c1-5-13-25(14-6-1)26-21-23-30(24-22-26)31(27-15-7-2-8-16-27,28-17-9-3-10-18-28)29-19-11-4-12-20-29;7-6-4-2-1-3-5-6/h1-24,31H;1-5,7H. The van der Waals surface area contributed by atoms with Gasteiger partial charge in [-0.25, -0.2) is 0 Å². The number of phenolic OH excluding ortho intramolecular Hbond substituents is 1. The summed E-state index contributed by atoms with van der Waals surface area (Å²) in [6, 6.07) is 61.7. The molecule has 0 saturated carbocycles. The zero-order chi connectivity index (χ0) is 26.0. The molecule has 0 atom stereocenters. The van der Waals surface area contributed by atoms with E-state index in [-0.39, 0.29) is 0 Å². The summed E-state index contributed by atoms with van der Waals surface area (Å²) in [5, 5.41) is 14.2. The van der Waals surface area contributed by atoms with Crippen molar-refractivity contribution in [1.29, 1.82) is 0 Å². The van der Waals surface area contributed by atoms with E-state index in [1.165, 1.54) is 32.3 Å². The number of para-hydroxylation sites is 1. The molecule has 0 aromatic heterocycles. The fraction of sp³-hybridized carbons (Fsp3) is 0. The van der Waals surface area contributed by atoms with Gasteiger partial charge in [-0.3, -0.25) is 0 Å². The Balaban J connectivity index is 0.000000366. The summed E-state index contributed by atoms with van der Waals surface area (Å²) >= 11 is 0. The number of hydrogen-bond acceptors (Lipinski definition) is 1. The van der Waals surface area contributed by atoms with Crippen molar-refractivity contribution in [2.75, 3.05) is 0 Å². The van der Waals surface area contributed by atoms with Crippen LogP contribution in [0.2, 0.25) is 0 Å². The van der Waals surface area contributed by atoms with Crippen molar-refractivity contribution in [2.45, 2.75) is 0 Å². The molecule has 0 heterocycles. The van der Waals surface area contributed by atoms with Gasteiger partial charge in [0.05, 0.1) is 0 Å². The van der Waals surface area contributed by atoms with E-state index in [0.29, 0.717) is 5.75 Å². The van der Waals surface area contributed by atoms with Crippen LogP contribution in [0.5, 0.6) is 5.75 Å². The molecule has 0 fully saturated rings. The molecule has 1 N–H and O–H groups in total. The van der Waals surface area contributed by atoms with Crippen molar-refractivity contribution in [3.63, 3.8) is 0 Å². The fourth-order valence-electron chi connectivity index (χ4n) is 5.04. The Labute approximate surface area is 226 Å². The minimum absolute atomic E-state index is 0.322. The summed E-state index contributed by atoms with van der Waals surface area (Å²) in [4.78, 5) is 0. The molecule has 0 saturated heterocycles. The van der Waals surface area contributed by atoms with Crippen LogP contribution in [0.15, 0.2) is 176 Å². The monoisotopic (exact) mass is 510 g/mol. The van der Waals surface area contributed by atoms with Crippen LogP contribution >= 0.6 is 7.26 Å². The molecule has 1 nitrogen and oxygen atoms in total. The topological polar surface area (TPSA) is 20.2 Å². The molecule has 0 aliphatic carbocycles. The van der Waals surface area contributed by atoms with E-state index in [0.717, 1.165) is 0 Å². The van der Waals surface area contributed by atoms with Crippen LogP contribution in [0.3, 0.4) is 0 Å². The average Bonchev–Trinajstić information content (AvgIpc) is 3.01. The Morgan fingerprint density at radius 2 is 0.579 bits per heavy atom. The predicted molar refractivity (Wildman–Crippen MR) is 166 cm³/mol. The third kappa shape index (κ3) is 5.44. The van der Waals surface area contributed by atoms with Gasteiger partial charge in [0.25, 0.3) is 0 Å². The Kier molecular flexibility index (Phi) is 8.09. The molecule has 38 heavy (non-hydrogen) atoms. The molecule has 0 amide bonds. The number of aromatic hydroxyl groups is 1. The van der Waals surface area contributed by atoms with E-state index >= 15 is 0 Å². The first-order valence-electron chi connectivity index (χ1n) is 12.8. The molecular weight excluding hydrogens is 479 g/mol. The van der Waals surface area contributed by atoms with Gasteiger partial charge in [-0.05, 0) is 12.1 Å². The molecule has 0 unspecified atom stereocenters. The Morgan fingerprint density at radius 3 is 0.921 bits per heavy atom. The molecule has 6 rings (SSSR count). The second kappa shape index (κ2) is 12.2. The van der Waals surface area contributed by atoms with Crippen molar-refractivity contribution in [1.82, 2.24) is 0 Å². The summed E-state index contributed by atoms with van der Waals surface area (Å²) in [6.45, 7) is 0. The summed E-state index contributed by atoms with van der Waals surface area (Å²) < 4.78 is 0. The van der Waals surface area contributed by atoms with Gasteiger partial charge in [-0.2, -0.15) is 0 Å². The van der Waals surface area contributed by atoms with Crippen molar-refractivity contribution in [2.24, 2.45) is 0 Å².